The Morgan fingerprint density at radius 1 is 1.47 bits per heavy atom. The van der Waals surface area contributed by atoms with E-state index in [0.29, 0.717) is 18.8 Å². The van der Waals surface area contributed by atoms with Crippen molar-refractivity contribution >= 4 is 12.0 Å². The van der Waals surface area contributed by atoms with Gasteiger partial charge in [-0.05, 0) is 19.4 Å². The van der Waals surface area contributed by atoms with Gasteiger partial charge in [-0.25, -0.2) is 4.79 Å². The fourth-order valence-electron chi connectivity index (χ4n) is 1.16. The molecule has 3 heteroatoms. The smallest absolute Gasteiger partial charge is 0.333 e. The minimum atomic E-state index is -0.337. The van der Waals surface area contributed by atoms with Crippen LogP contribution in [0.3, 0.4) is 0 Å². The molecule has 3 nitrogen and oxygen atoms in total. The molecule has 0 aliphatic carbocycles. The van der Waals surface area contributed by atoms with Crippen LogP contribution in [-0.2, 0) is 14.3 Å². The van der Waals surface area contributed by atoms with Gasteiger partial charge in [0.05, 0.1) is 6.61 Å². The molecule has 0 saturated carbocycles. The molecule has 0 spiro atoms. The molecule has 0 amide bonds. The zero-order valence-corrected chi connectivity index (χ0v) is 11.5. The predicted octanol–water partition coefficient (Wildman–Crippen LogP) is 3.14. The maximum Gasteiger partial charge on any atom is 0.333 e. The van der Waals surface area contributed by atoms with Crippen molar-refractivity contribution in [2.75, 3.05) is 13.2 Å². The van der Waals surface area contributed by atoms with Crippen LogP contribution in [0.1, 0.15) is 18.1 Å². The number of carbonyl (C=O) groups is 1. The lowest BCUT2D eigenvalue weighted by atomic mass is 10.2. The number of aryl methyl sites for hydroxylation is 1. The van der Waals surface area contributed by atoms with Gasteiger partial charge in [0, 0.05) is 5.57 Å². The number of hydrogen-bond donors (Lipinski definition) is 0. The highest BCUT2D eigenvalue weighted by Gasteiger charge is 2.24. The average molecular weight is 260 g/mol. The molecular weight excluding hydrogens is 240 g/mol. The SMILES string of the molecule is C=C(C)C(=O)OCC1CO1.C=Cc1ccc(C)cc1. The van der Waals surface area contributed by atoms with Crippen molar-refractivity contribution in [3.8, 4) is 0 Å². The number of ether oxygens (including phenoxy) is 2. The van der Waals surface area contributed by atoms with E-state index in [9.17, 15) is 4.79 Å². The Kier molecular flexibility index (Phi) is 6.03. The van der Waals surface area contributed by atoms with Gasteiger partial charge in [0.15, 0.2) is 0 Å². The topological polar surface area (TPSA) is 38.8 Å². The molecule has 1 saturated heterocycles. The van der Waals surface area contributed by atoms with E-state index in [0.717, 1.165) is 0 Å². The monoisotopic (exact) mass is 260 g/mol. The molecule has 1 atom stereocenters. The third-order valence-electron chi connectivity index (χ3n) is 2.46. The minimum absolute atomic E-state index is 0.142. The molecule has 1 aromatic carbocycles. The Balaban J connectivity index is 0.000000191. The first kappa shape index (κ1) is 15.2. The normalized spacial score (nSPS) is 15.8. The lowest BCUT2D eigenvalue weighted by Gasteiger charge is -1.99. The van der Waals surface area contributed by atoms with E-state index in [1.807, 2.05) is 6.08 Å². The van der Waals surface area contributed by atoms with Gasteiger partial charge in [0.25, 0.3) is 0 Å². The summed E-state index contributed by atoms with van der Waals surface area (Å²) in [7, 11) is 0. The van der Waals surface area contributed by atoms with Crippen molar-refractivity contribution in [2.45, 2.75) is 20.0 Å². The summed E-state index contributed by atoms with van der Waals surface area (Å²) in [6, 6.07) is 8.28. The molecule has 1 aromatic rings. The summed E-state index contributed by atoms with van der Waals surface area (Å²) in [4.78, 5) is 10.7. The van der Waals surface area contributed by atoms with Crippen molar-refractivity contribution < 1.29 is 14.3 Å². The van der Waals surface area contributed by atoms with E-state index < -0.39 is 0 Å². The minimum Gasteiger partial charge on any atom is -0.459 e. The van der Waals surface area contributed by atoms with Crippen LogP contribution in [0.4, 0.5) is 0 Å². The van der Waals surface area contributed by atoms with Crippen LogP contribution >= 0.6 is 0 Å². The number of rotatable bonds is 4. The molecule has 1 fully saturated rings. The highest BCUT2D eigenvalue weighted by molar-refractivity contribution is 5.86. The second-order valence-corrected chi connectivity index (χ2v) is 4.45. The third kappa shape index (κ3) is 6.58. The van der Waals surface area contributed by atoms with Crippen LogP contribution in [0.15, 0.2) is 43.0 Å². The van der Waals surface area contributed by atoms with E-state index >= 15 is 0 Å². The fourth-order valence-corrected chi connectivity index (χ4v) is 1.16. The van der Waals surface area contributed by atoms with Gasteiger partial charge in [0.2, 0.25) is 0 Å². The van der Waals surface area contributed by atoms with Crippen LogP contribution in [0, 0.1) is 6.92 Å². The summed E-state index contributed by atoms with van der Waals surface area (Å²) < 4.78 is 9.60. The van der Waals surface area contributed by atoms with Gasteiger partial charge in [-0.1, -0.05) is 49.1 Å². The predicted molar refractivity (Wildman–Crippen MR) is 76.8 cm³/mol. The summed E-state index contributed by atoms with van der Waals surface area (Å²) in [6.07, 6.45) is 1.99. The molecule has 1 unspecified atom stereocenters. The summed E-state index contributed by atoms with van der Waals surface area (Å²) in [5, 5.41) is 0. The highest BCUT2D eigenvalue weighted by atomic mass is 16.6. The zero-order chi connectivity index (χ0) is 14.3. The van der Waals surface area contributed by atoms with Crippen LogP contribution in [0.5, 0.6) is 0 Å². The molecular formula is C16H20O3. The highest BCUT2D eigenvalue weighted by Crippen LogP contribution is 2.09. The summed E-state index contributed by atoms with van der Waals surface area (Å²) >= 11 is 0. The molecule has 19 heavy (non-hydrogen) atoms. The molecule has 0 aromatic heterocycles. The maximum atomic E-state index is 10.7. The Morgan fingerprint density at radius 2 is 2.05 bits per heavy atom. The molecule has 102 valence electrons. The third-order valence-corrected chi connectivity index (χ3v) is 2.46. The molecule has 1 heterocycles. The Hall–Kier alpha value is -1.87. The molecule has 2 rings (SSSR count). The van der Waals surface area contributed by atoms with Gasteiger partial charge in [-0.3, -0.25) is 0 Å². The molecule has 0 bridgehead atoms. The largest absolute Gasteiger partial charge is 0.459 e. The first-order valence-corrected chi connectivity index (χ1v) is 6.16. The van der Waals surface area contributed by atoms with Crippen molar-refractivity contribution in [3.63, 3.8) is 0 Å². The number of carbonyl (C=O) groups excluding carboxylic acids is 1. The number of epoxide rings is 1. The number of benzene rings is 1. The second kappa shape index (κ2) is 7.54. The van der Waals surface area contributed by atoms with Gasteiger partial charge < -0.3 is 9.47 Å². The lowest BCUT2D eigenvalue weighted by Crippen LogP contribution is -2.09. The second-order valence-electron chi connectivity index (χ2n) is 4.45. The van der Waals surface area contributed by atoms with Crippen LogP contribution < -0.4 is 0 Å². The average Bonchev–Trinajstić information content (AvgIpc) is 3.21. The Bertz CT molecular complexity index is 442. The molecule has 0 N–H and O–H groups in total. The fraction of sp³-hybridized carbons (Fsp3) is 0.312. The van der Waals surface area contributed by atoms with Crippen LogP contribution in [0.2, 0.25) is 0 Å². The zero-order valence-electron chi connectivity index (χ0n) is 11.5. The molecule has 0 radical (unpaired) electrons. The van der Waals surface area contributed by atoms with Gasteiger partial charge in [-0.2, -0.15) is 0 Å². The molecule has 1 aliphatic rings. The number of hydrogen-bond acceptors (Lipinski definition) is 3. The lowest BCUT2D eigenvalue weighted by molar-refractivity contribution is -0.139. The Morgan fingerprint density at radius 3 is 2.47 bits per heavy atom. The van der Waals surface area contributed by atoms with Crippen molar-refractivity contribution in [1.29, 1.82) is 0 Å². The van der Waals surface area contributed by atoms with E-state index in [2.05, 4.69) is 44.3 Å². The van der Waals surface area contributed by atoms with E-state index in [1.165, 1.54) is 11.1 Å². The summed E-state index contributed by atoms with van der Waals surface area (Å²) in [6.45, 7) is 11.9. The maximum absolute atomic E-state index is 10.7. The van der Waals surface area contributed by atoms with E-state index in [4.69, 9.17) is 9.47 Å². The van der Waals surface area contributed by atoms with Gasteiger partial charge in [0.1, 0.15) is 12.7 Å². The van der Waals surface area contributed by atoms with Crippen molar-refractivity contribution in [1.82, 2.24) is 0 Å². The van der Waals surface area contributed by atoms with Crippen molar-refractivity contribution in [3.05, 3.63) is 54.1 Å². The van der Waals surface area contributed by atoms with Crippen LogP contribution in [0.25, 0.3) is 6.08 Å². The van der Waals surface area contributed by atoms with E-state index in [-0.39, 0.29) is 12.1 Å². The molecule has 1 aliphatic heterocycles. The summed E-state index contributed by atoms with van der Waals surface area (Å²) in [5.74, 6) is -0.337. The van der Waals surface area contributed by atoms with Gasteiger partial charge >= 0.3 is 5.97 Å². The number of esters is 1. The quantitative estimate of drug-likeness (QED) is 0.474. The van der Waals surface area contributed by atoms with E-state index in [1.54, 1.807) is 6.92 Å². The Labute approximate surface area is 114 Å². The summed E-state index contributed by atoms with van der Waals surface area (Å²) in [5.41, 5.74) is 2.90. The van der Waals surface area contributed by atoms with Crippen molar-refractivity contribution in [2.24, 2.45) is 0 Å². The standard InChI is InChI=1S/C9H10.C7H10O3/c1-3-9-6-4-8(2)5-7-9;1-5(2)7(8)10-4-6-3-9-6/h3-7H,1H2,2H3;6H,1,3-4H2,2H3. The van der Waals surface area contributed by atoms with Gasteiger partial charge in [-0.15, -0.1) is 0 Å². The first-order chi connectivity index (χ1) is 9.02. The van der Waals surface area contributed by atoms with Crippen LogP contribution in [-0.4, -0.2) is 25.3 Å². The first-order valence-electron chi connectivity index (χ1n) is 6.16.